The van der Waals surface area contributed by atoms with Crippen LogP contribution in [0.3, 0.4) is 0 Å². The summed E-state index contributed by atoms with van der Waals surface area (Å²) >= 11 is 3.42. The van der Waals surface area contributed by atoms with Crippen molar-refractivity contribution in [3.05, 3.63) is 58.6 Å². The van der Waals surface area contributed by atoms with Gasteiger partial charge in [0.1, 0.15) is 6.33 Å². The SMILES string of the molecule is NC(c1cncnc1)c1cccc(Br)c1. The Labute approximate surface area is 96.5 Å². The van der Waals surface area contributed by atoms with Crippen LogP contribution >= 0.6 is 15.9 Å². The number of aromatic nitrogens is 2. The highest BCUT2D eigenvalue weighted by Gasteiger charge is 2.08. The van der Waals surface area contributed by atoms with Gasteiger partial charge in [0.05, 0.1) is 6.04 Å². The number of nitrogens with two attached hydrogens (primary N) is 1. The van der Waals surface area contributed by atoms with Crippen LogP contribution in [-0.4, -0.2) is 9.97 Å². The average molecular weight is 264 g/mol. The molecule has 1 aromatic carbocycles. The number of nitrogens with zero attached hydrogens (tertiary/aromatic N) is 2. The summed E-state index contributed by atoms with van der Waals surface area (Å²) < 4.78 is 1.02. The molecule has 1 atom stereocenters. The molecule has 1 aromatic heterocycles. The largest absolute Gasteiger partial charge is 0.320 e. The van der Waals surface area contributed by atoms with E-state index in [0.717, 1.165) is 15.6 Å². The van der Waals surface area contributed by atoms with Crippen molar-refractivity contribution in [2.75, 3.05) is 0 Å². The molecule has 4 heteroatoms. The zero-order valence-corrected chi connectivity index (χ0v) is 9.55. The van der Waals surface area contributed by atoms with Crippen LogP contribution in [0.25, 0.3) is 0 Å². The summed E-state index contributed by atoms with van der Waals surface area (Å²) in [5.41, 5.74) is 8.04. The minimum Gasteiger partial charge on any atom is -0.320 e. The maximum Gasteiger partial charge on any atom is 0.115 e. The van der Waals surface area contributed by atoms with Gasteiger partial charge < -0.3 is 5.73 Å². The van der Waals surface area contributed by atoms with Crippen molar-refractivity contribution in [3.8, 4) is 0 Å². The van der Waals surface area contributed by atoms with Gasteiger partial charge in [0.15, 0.2) is 0 Å². The molecule has 0 fully saturated rings. The summed E-state index contributed by atoms with van der Waals surface area (Å²) in [7, 11) is 0. The summed E-state index contributed by atoms with van der Waals surface area (Å²) in [6.07, 6.45) is 4.97. The molecule has 15 heavy (non-hydrogen) atoms. The fourth-order valence-corrected chi connectivity index (χ4v) is 1.78. The Morgan fingerprint density at radius 2 is 1.87 bits per heavy atom. The lowest BCUT2D eigenvalue weighted by Gasteiger charge is -2.11. The molecule has 1 unspecified atom stereocenters. The molecule has 0 spiro atoms. The normalized spacial score (nSPS) is 12.4. The van der Waals surface area contributed by atoms with Crippen LogP contribution in [0.5, 0.6) is 0 Å². The number of benzene rings is 1. The summed E-state index contributed by atoms with van der Waals surface area (Å²) in [6.45, 7) is 0. The van der Waals surface area contributed by atoms with Crippen molar-refractivity contribution in [2.24, 2.45) is 5.73 Å². The molecule has 1 heterocycles. The van der Waals surface area contributed by atoms with Crippen LogP contribution in [0, 0.1) is 0 Å². The van der Waals surface area contributed by atoms with Gasteiger partial charge in [-0.05, 0) is 17.7 Å². The van der Waals surface area contributed by atoms with Crippen LogP contribution in [0.15, 0.2) is 47.5 Å². The molecule has 0 aliphatic carbocycles. The van der Waals surface area contributed by atoms with Gasteiger partial charge in [-0.3, -0.25) is 0 Å². The summed E-state index contributed by atoms with van der Waals surface area (Å²) in [4.78, 5) is 7.90. The van der Waals surface area contributed by atoms with Gasteiger partial charge in [-0.15, -0.1) is 0 Å². The smallest absolute Gasteiger partial charge is 0.115 e. The fourth-order valence-electron chi connectivity index (χ4n) is 1.36. The first-order valence-electron chi connectivity index (χ1n) is 4.53. The molecule has 0 bridgehead atoms. The molecule has 2 rings (SSSR count). The second kappa shape index (κ2) is 4.51. The molecule has 2 N–H and O–H groups in total. The van der Waals surface area contributed by atoms with Crippen molar-refractivity contribution in [2.45, 2.75) is 6.04 Å². The Kier molecular flexibility index (Phi) is 3.08. The Morgan fingerprint density at radius 3 is 2.53 bits per heavy atom. The average Bonchev–Trinajstić information content (AvgIpc) is 2.29. The van der Waals surface area contributed by atoms with Gasteiger partial charge >= 0.3 is 0 Å². The molecule has 0 radical (unpaired) electrons. The lowest BCUT2D eigenvalue weighted by molar-refractivity contribution is 0.850. The molecule has 0 saturated heterocycles. The molecular weight excluding hydrogens is 254 g/mol. The quantitative estimate of drug-likeness (QED) is 0.905. The standard InChI is InChI=1S/C11H10BrN3/c12-10-3-1-2-8(4-10)11(13)9-5-14-7-15-6-9/h1-7,11H,13H2. The van der Waals surface area contributed by atoms with Gasteiger partial charge in [-0.25, -0.2) is 9.97 Å². The Bertz CT molecular complexity index is 445. The number of hydrogen-bond donors (Lipinski definition) is 1. The van der Waals surface area contributed by atoms with Gasteiger partial charge in [-0.1, -0.05) is 28.1 Å². The Morgan fingerprint density at radius 1 is 1.13 bits per heavy atom. The van der Waals surface area contributed by atoms with E-state index in [0.29, 0.717) is 0 Å². The van der Waals surface area contributed by atoms with E-state index >= 15 is 0 Å². The van der Waals surface area contributed by atoms with Gasteiger partial charge in [-0.2, -0.15) is 0 Å². The molecular formula is C11H10BrN3. The van der Waals surface area contributed by atoms with Crippen LogP contribution in [0.2, 0.25) is 0 Å². The highest BCUT2D eigenvalue weighted by Crippen LogP contribution is 2.21. The molecule has 0 saturated carbocycles. The van der Waals surface area contributed by atoms with E-state index in [9.17, 15) is 0 Å². The minimum atomic E-state index is -0.177. The third-order valence-corrected chi connectivity index (χ3v) is 2.64. The lowest BCUT2D eigenvalue weighted by atomic mass is 10.0. The predicted octanol–water partition coefficient (Wildman–Crippen LogP) is 2.29. The van der Waals surface area contributed by atoms with Crippen molar-refractivity contribution < 1.29 is 0 Å². The summed E-state index contributed by atoms with van der Waals surface area (Å²) in [5.74, 6) is 0. The molecule has 3 nitrogen and oxygen atoms in total. The lowest BCUT2D eigenvalue weighted by Crippen LogP contribution is -2.12. The van der Waals surface area contributed by atoms with Crippen molar-refractivity contribution in [1.29, 1.82) is 0 Å². The maximum atomic E-state index is 6.08. The third kappa shape index (κ3) is 2.40. The van der Waals surface area contributed by atoms with Crippen LogP contribution in [0.4, 0.5) is 0 Å². The number of hydrogen-bond acceptors (Lipinski definition) is 3. The number of rotatable bonds is 2. The summed E-state index contributed by atoms with van der Waals surface area (Å²) in [5, 5.41) is 0. The topological polar surface area (TPSA) is 51.8 Å². The Hall–Kier alpha value is -1.26. The monoisotopic (exact) mass is 263 g/mol. The van der Waals surface area contributed by atoms with E-state index in [1.54, 1.807) is 12.4 Å². The molecule has 0 aliphatic rings. The molecule has 0 amide bonds. The molecule has 0 aliphatic heterocycles. The number of halogens is 1. The predicted molar refractivity (Wildman–Crippen MR) is 62.2 cm³/mol. The van der Waals surface area contributed by atoms with E-state index in [2.05, 4.69) is 25.9 Å². The van der Waals surface area contributed by atoms with E-state index < -0.39 is 0 Å². The second-order valence-corrected chi connectivity index (χ2v) is 4.12. The minimum absolute atomic E-state index is 0.177. The van der Waals surface area contributed by atoms with Gasteiger partial charge in [0.25, 0.3) is 0 Å². The van der Waals surface area contributed by atoms with E-state index in [1.807, 2.05) is 24.3 Å². The van der Waals surface area contributed by atoms with E-state index in [1.165, 1.54) is 6.33 Å². The first kappa shape index (κ1) is 10.3. The van der Waals surface area contributed by atoms with Crippen molar-refractivity contribution in [3.63, 3.8) is 0 Å². The van der Waals surface area contributed by atoms with Crippen LogP contribution in [-0.2, 0) is 0 Å². The first-order valence-corrected chi connectivity index (χ1v) is 5.32. The molecule has 76 valence electrons. The van der Waals surface area contributed by atoms with Crippen molar-refractivity contribution >= 4 is 15.9 Å². The summed E-state index contributed by atoms with van der Waals surface area (Å²) in [6, 6.07) is 7.74. The highest BCUT2D eigenvalue weighted by atomic mass is 79.9. The highest BCUT2D eigenvalue weighted by molar-refractivity contribution is 9.10. The maximum absolute atomic E-state index is 6.08. The second-order valence-electron chi connectivity index (χ2n) is 3.20. The zero-order valence-electron chi connectivity index (χ0n) is 7.97. The van der Waals surface area contributed by atoms with Crippen molar-refractivity contribution in [1.82, 2.24) is 9.97 Å². The van der Waals surface area contributed by atoms with Gasteiger partial charge in [0.2, 0.25) is 0 Å². The third-order valence-electron chi connectivity index (χ3n) is 2.15. The van der Waals surface area contributed by atoms with Crippen LogP contribution in [0.1, 0.15) is 17.2 Å². The van der Waals surface area contributed by atoms with E-state index in [4.69, 9.17) is 5.73 Å². The van der Waals surface area contributed by atoms with Crippen LogP contribution < -0.4 is 5.73 Å². The zero-order chi connectivity index (χ0) is 10.7. The Balaban J connectivity index is 2.32. The van der Waals surface area contributed by atoms with Gasteiger partial charge in [0, 0.05) is 22.4 Å². The van der Waals surface area contributed by atoms with E-state index in [-0.39, 0.29) is 6.04 Å². The first-order chi connectivity index (χ1) is 7.27. The fraction of sp³-hybridized carbons (Fsp3) is 0.0909. The molecule has 2 aromatic rings.